The quantitative estimate of drug-likeness (QED) is 0.497. The van der Waals surface area contributed by atoms with E-state index in [2.05, 4.69) is 20.2 Å². The third kappa shape index (κ3) is 6.13. The van der Waals surface area contributed by atoms with Crippen molar-refractivity contribution in [1.29, 1.82) is 0 Å². The number of hydrogen-bond donors (Lipinski definition) is 1. The van der Waals surface area contributed by atoms with Gasteiger partial charge in [0.1, 0.15) is 5.82 Å². The number of nitrogens with one attached hydrogen (secondary N) is 1. The number of benzene rings is 1. The van der Waals surface area contributed by atoms with Gasteiger partial charge >= 0.3 is 6.18 Å². The van der Waals surface area contributed by atoms with Crippen molar-refractivity contribution in [3.05, 3.63) is 47.2 Å². The number of carbonyl (C=O) groups is 1. The summed E-state index contributed by atoms with van der Waals surface area (Å²) in [6.45, 7) is 3.50. The van der Waals surface area contributed by atoms with Crippen LogP contribution in [0.1, 0.15) is 34.5 Å². The molecule has 0 unspecified atom stereocenters. The molecule has 0 spiro atoms. The van der Waals surface area contributed by atoms with Crippen LogP contribution >= 0.6 is 11.8 Å². The second kappa shape index (κ2) is 9.66. The first-order valence-corrected chi connectivity index (χ1v) is 11.7. The SMILES string of the molecule is CN1CCN(c2cc(C(F)(F)F)nc(SCc3ccc(C(=O)NCC4CC4)cc3)n2)CC1. The molecular formula is C22H26F3N5OS. The molecule has 6 nitrogen and oxygen atoms in total. The predicted molar refractivity (Wildman–Crippen MR) is 118 cm³/mol. The first-order chi connectivity index (χ1) is 15.3. The van der Waals surface area contributed by atoms with E-state index in [0.29, 0.717) is 42.7 Å². The lowest BCUT2D eigenvalue weighted by Crippen LogP contribution is -2.45. The number of nitrogens with zero attached hydrogens (tertiary/aromatic N) is 4. The summed E-state index contributed by atoms with van der Waals surface area (Å²) in [5, 5.41) is 3.02. The van der Waals surface area contributed by atoms with Crippen molar-refractivity contribution in [2.24, 2.45) is 5.92 Å². The Morgan fingerprint density at radius 1 is 1.12 bits per heavy atom. The predicted octanol–water partition coefficient (Wildman–Crippen LogP) is 3.68. The molecule has 2 aliphatic rings. The summed E-state index contributed by atoms with van der Waals surface area (Å²) < 4.78 is 40.2. The molecule has 1 aromatic carbocycles. The highest BCUT2D eigenvalue weighted by Gasteiger charge is 2.34. The van der Waals surface area contributed by atoms with Gasteiger partial charge in [0.25, 0.3) is 5.91 Å². The molecule has 2 heterocycles. The van der Waals surface area contributed by atoms with Crippen LogP contribution in [0.15, 0.2) is 35.5 Å². The van der Waals surface area contributed by atoms with Crippen LogP contribution in [0.2, 0.25) is 0 Å². The Bertz CT molecular complexity index is 942. The first kappa shape index (κ1) is 22.8. The Morgan fingerprint density at radius 3 is 2.44 bits per heavy atom. The van der Waals surface area contributed by atoms with Gasteiger partial charge in [-0.15, -0.1) is 0 Å². The number of halogens is 3. The van der Waals surface area contributed by atoms with Crippen LogP contribution < -0.4 is 10.2 Å². The van der Waals surface area contributed by atoms with Gasteiger partial charge in [-0.05, 0) is 43.5 Å². The Morgan fingerprint density at radius 2 is 1.81 bits per heavy atom. The average Bonchev–Trinajstić information content (AvgIpc) is 3.61. The zero-order valence-electron chi connectivity index (χ0n) is 17.9. The molecule has 1 saturated carbocycles. The van der Waals surface area contributed by atoms with Crippen molar-refractivity contribution in [2.75, 3.05) is 44.7 Å². The van der Waals surface area contributed by atoms with Crippen LogP contribution in [-0.4, -0.2) is 60.5 Å². The number of likely N-dealkylation sites (N-methyl/N-ethyl adjacent to an activating group) is 1. The lowest BCUT2D eigenvalue weighted by Gasteiger charge is -2.33. The lowest BCUT2D eigenvalue weighted by molar-refractivity contribution is -0.141. The number of alkyl halides is 3. The van der Waals surface area contributed by atoms with Crippen LogP contribution in [0.25, 0.3) is 0 Å². The monoisotopic (exact) mass is 465 g/mol. The molecule has 0 radical (unpaired) electrons. The molecule has 2 fully saturated rings. The van der Waals surface area contributed by atoms with Gasteiger partial charge < -0.3 is 15.1 Å². The molecule has 32 heavy (non-hydrogen) atoms. The van der Waals surface area contributed by atoms with E-state index in [1.165, 1.54) is 12.8 Å². The molecule has 1 aliphatic heterocycles. The van der Waals surface area contributed by atoms with Gasteiger partial charge in [0.2, 0.25) is 0 Å². The van der Waals surface area contributed by atoms with E-state index in [0.717, 1.165) is 36.5 Å². The third-order valence-electron chi connectivity index (χ3n) is 5.64. The molecule has 1 N–H and O–H groups in total. The van der Waals surface area contributed by atoms with Crippen LogP contribution in [0.3, 0.4) is 0 Å². The van der Waals surface area contributed by atoms with Gasteiger partial charge in [0, 0.05) is 50.1 Å². The number of piperazine rings is 1. The summed E-state index contributed by atoms with van der Waals surface area (Å²) in [5.74, 6) is 1.23. The fourth-order valence-corrected chi connectivity index (χ4v) is 4.19. The van der Waals surface area contributed by atoms with Gasteiger partial charge in [-0.2, -0.15) is 13.2 Å². The number of carbonyl (C=O) groups excluding carboxylic acids is 1. The van der Waals surface area contributed by atoms with Gasteiger partial charge in [0.15, 0.2) is 10.9 Å². The van der Waals surface area contributed by atoms with Crippen LogP contribution in [0.4, 0.5) is 19.0 Å². The number of aromatic nitrogens is 2. The standard InChI is InChI=1S/C22H26F3N5OS/c1-29-8-10-30(11-9-29)19-12-18(22(23,24)25)27-21(28-19)32-14-16-4-6-17(7-5-16)20(31)26-13-15-2-3-15/h4-7,12,15H,2-3,8-11,13-14H2,1H3,(H,26,31). The van der Waals surface area contributed by atoms with Crippen LogP contribution in [0.5, 0.6) is 0 Å². The normalized spacial score (nSPS) is 17.4. The van der Waals surface area contributed by atoms with Gasteiger partial charge in [0.05, 0.1) is 0 Å². The highest BCUT2D eigenvalue weighted by atomic mass is 32.2. The molecular weight excluding hydrogens is 439 g/mol. The second-order valence-electron chi connectivity index (χ2n) is 8.32. The summed E-state index contributed by atoms with van der Waals surface area (Å²) in [6, 6.07) is 8.13. The van der Waals surface area contributed by atoms with E-state index in [-0.39, 0.29) is 11.1 Å². The van der Waals surface area contributed by atoms with Crippen molar-refractivity contribution < 1.29 is 18.0 Å². The minimum Gasteiger partial charge on any atom is -0.354 e. The van der Waals surface area contributed by atoms with Gasteiger partial charge in [-0.1, -0.05) is 23.9 Å². The van der Waals surface area contributed by atoms with Crippen molar-refractivity contribution >= 4 is 23.5 Å². The van der Waals surface area contributed by atoms with Crippen molar-refractivity contribution in [2.45, 2.75) is 29.9 Å². The average molecular weight is 466 g/mol. The minimum atomic E-state index is -4.53. The van der Waals surface area contributed by atoms with Gasteiger partial charge in [-0.25, -0.2) is 9.97 Å². The smallest absolute Gasteiger partial charge is 0.354 e. The first-order valence-electron chi connectivity index (χ1n) is 10.7. The van der Waals surface area contributed by atoms with E-state index >= 15 is 0 Å². The fourth-order valence-electron chi connectivity index (χ4n) is 3.38. The third-order valence-corrected chi connectivity index (χ3v) is 6.56. The Hall–Kier alpha value is -2.33. The number of rotatable bonds is 7. The van der Waals surface area contributed by atoms with Crippen LogP contribution in [-0.2, 0) is 11.9 Å². The number of anilines is 1. The molecule has 1 aliphatic carbocycles. The number of hydrogen-bond acceptors (Lipinski definition) is 6. The molecule has 4 rings (SSSR count). The largest absolute Gasteiger partial charge is 0.433 e. The second-order valence-corrected chi connectivity index (χ2v) is 9.26. The zero-order valence-corrected chi connectivity index (χ0v) is 18.7. The lowest BCUT2D eigenvalue weighted by atomic mass is 10.1. The maximum Gasteiger partial charge on any atom is 0.433 e. The Kier molecular flexibility index (Phi) is 6.90. The molecule has 1 saturated heterocycles. The summed E-state index contributed by atoms with van der Waals surface area (Å²) in [4.78, 5) is 24.3. The Balaban J connectivity index is 1.42. The zero-order chi connectivity index (χ0) is 22.7. The fraction of sp³-hybridized carbons (Fsp3) is 0.500. The van der Waals surface area contributed by atoms with E-state index < -0.39 is 11.9 Å². The maximum absolute atomic E-state index is 13.4. The van der Waals surface area contributed by atoms with Crippen molar-refractivity contribution in [3.63, 3.8) is 0 Å². The topological polar surface area (TPSA) is 61.4 Å². The molecule has 0 bridgehead atoms. The van der Waals surface area contributed by atoms with Crippen LogP contribution in [0, 0.1) is 5.92 Å². The summed E-state index contributed by atoms with van der Waals surface area (Å²) in [6.07, 6.45) is -2.19. The van der Waals surface area contributed by atoms with Gasteiger partial charge in [-0.3, -0.25) is 4.79 Å². The summed E-state index contributed by atoms with van der Waals surface area (Å²) in [5.41, 5.74) is 0.537. The molecule has 172 valence electrons. The van der Waals surface area contributed by atoms with Crippen molar-refractivity contribution in [3.8, 4) is 0 Å². The number of thioether (sulfide) groups is 1. The van der Waals surface area contributed by atoms with E-state index in [4.69, 9.17) is 0 Å². The van der Waals surface area contributed by atoms with E-state index in [1.54, 1.807) is 12.1 Å². The van der Waals surface area contributed by atoms with E-state index in [1.807, 2.05) is 24.1 Å². The summed E-state index contributed by atoms with van der Waals surface area (Å²) >= 11 is 1.16. The minimum absolute atomic E-state index is 0.0972. The molecule has 1 amide bonds. The summed E-state index contributed by atoms with van der Waals surface area (Å²) in [7, 11) is 1.99. The molecule has 10 heteroatoms. The molecule has 2 aromatic rings. The number of amides is 1. The van der Waals surface area contributed by atoms with Crippen molar-refractivity contribution in [1.82, 2.24) is 20.2 Å². The molecule has 1 aromatic heterocycles. The van der Waals surface area contributed by atoms with E-state index in [9.17, 15) is 18.0 Å². The Labute approximate surface area is 189 Å². The highest BCUT2D eigenvalue weighted by Crippen LogP contribution is 2.32. The highest BCUT2D eigenvalue weighted by molar-refractivity contribution is 7.98. The molecule has 0 atom stereocenters. The maximum atomic E-state index is 13.4.